The highest BCUT2D eigenvalue weighted by Crippen LogP contribution is 2.18. The number of carbonyl (C=O) groups excluding carboxylic acids is 3. The Bertz CT molecular complexity index is 982. The lowest BCUT2D eigenvalue weighted by Crippen LogP contribution is -2.30. The van der Waals surface area contributed by atoms with Crippen LogP contribution in [0.3, 0.4) is 0 Å². The molecule has 0 rings (SSSR count). The second-order valence-electron chi connectivity index (χ2n) is 20.6. The molecule has 0 radical (unpaired) electrons. The maximum Gasteiger partial charge on any atom is 0.306 e. The molecule has 392 valence electrons. The molecule has 0 heterocycles. The van der Waals surface area contributed by atoms with E-state index in [-0.39, 0.29) is 31.1 Å². The monoisotopic (exact) mass is 933 g/mol. The molecule has 0 aliphatic heterocycles. The zero-order valence-electron chi connectivity index (χ0n) is 45.0. The molecule has 1 atom stereocenters. The third-order valence-electron chi connectivity index (χ3n) is 13.9. The van der Waals surface area contributed by atoms with Gasteiger partial charge in [0.05, 0.1) is 0 Å². The summed E-state index contributed by atoms with van der Waals surface area (Å²) in [6.07, 6.45) is 62.6. The van der Waals surface area contributed by atoms with Crippen molar-refractivity contribution in [3.05, 3.63) is 0 Å². The number of ether oxygens (including phenoxy) is 3. The van der Waals surface area contributed by atoms with Crippen LogP contribution < -0.4 is 0 Å². The van der Waals surface area contributed by atoms with Gasteiger partial charge in [0.1, 0.15) is 13.2 Å². The smallest absolute Gasteiger partial charge is 0.306 e. The van der Waals surface area contributed by atoms with Gasteiger partial charge >= 0.3 is 17.9 Å². The van der Waals surface area contributed by atoms with Crippen molar-refractivity contribution in [1.82, 2.24) is 0 Å². The number of rotatable bonds is 56. The molecule has 66 heavy (non-hydrogen) atoms. The van der Waals surface area contributed by atoms with Crippen LogP contribution in [-0.2, 0) is 28.6 Å². The summed E-state index contributed by atoms with van der Waals surface area (Å²) < 4.78 is 16.8. The van der Waals surface area contributed by atoms with E-state index in [0.29, 0.717) is 19.3 Å². The van der Waals surface area contributed by atoms with E-state index in [1.165, 1.54) is 250 Å². The summed E-state index contributed by atoms with van der Waals surface area (Å²) >= 11 is 0. The lowest BCUT2D eigenvalue weighted by Gasteiger charge is -2.18. The summed E-state index contributed by atoms with van der Waals surface area (Å²) in [6.45, 7) is 6.69. The van der Waals surface area contributed by atoms with Gasteiger partial charge in [0, 0.05) is 19.3 Å². The summed E-state index contributed by atoms with van der Waals surface area (Å²) in [7, 11) is 0. The first-order valence-electron chi connectivity index (χ1n) is 30.0. The van der Waals surface area contributed by atoms with Crippen LogP contribution >= 0.6 is 0 Å². The van der Waals surface area contributed by atoms with Gasteiger partial charge in [0.25, 0.3) is 0 Å². The normalized spacial score (nSPS) is 11.9. The van der Waals surface area contributed by atoms with E-state index in [1.807, 2.05) is 0 Å². The molecule has 0 fully saturated rings. The lowest BCUT2D eigenvalue weighted by atomic mass is 10.0. The third-order valence-corrected chi connectivity index (χ3v) is 13.9. The van der Waals surface area contributed by atoms with E-state index in [4.69, 9.17) is 14.2 Å². The zero-order valence-corrected chi connectivity index (χ0v) is 45.0. The Morgan fingerprint density at radius 3 is 0.606 bits per heavy atom. The van der Waals surface area contributed by atoms with E-state index >= 15 is 0 Å². The van der Waals surface area contributed by atoms with Gasteiger partial charge in [-0.25, -0.2) is 0 Å². The van der Waals surface area contributed by atoms with Crippen molar-refractivity contribution in [2.24, 2.45) is 0 Å². The van der Waals surface area contributed by atoms with Crippen LogP contribution in [0.2, 0.25) is 0 Å². The number of hydrogen-bond donors (Lipinski definition) is 0. The second-order valence-corrected chi connectivity index (χ2v) is 20.6. The van der Waals surface area contributed by atoms with Gasteiger partial charge in [-0.15, -0.1) is 0 Å². The predicted octanol–water partition coefficient (Wildman–Crippen LogP) is 19.9. The van der Waals surface area contributed by atoms with E-state index in [9.17, 15) is 14.4 Å². The van der Waals surface area contributed by atoms with Crippen LogP contribution in [0.25, 0.3) is 0 Å². The van der Waals surface area contributed by atoms with Crippen molar-refractivity contribution in [3.8, 4) is 0 Å². The number of carbonyl (C=O) groups is 3. The van der Waals surface area contributed by atoms with Gasteiger partial charge in [-0.3, -0.25) is 14.4 Å². The Morgan fingerprint density at radius 2 is 0.409 bits per heavy atom. The van der Waals surface area contributed by atoms with Crippen molar-refractivity contribution in [1.29, 1.82) is 0 Å². The van der Waals surface area contributed by atoms with Crippen molar-refractivity contribution in [2.45, 2.75) is 354 Å². The van der Waals surface area contributed by atoms with Gasteiger partial charge in [0.15, 0.2) is 6.10 Å². The Labute approximate surface area is 412 Å². The fourth-order valence-electron chi connectivity index (χ4n) is 9.33. The first-order chi connectivity index (χ1) is 32.5. The van der Waals surface area contributed by atoms with E-state index in [0.717, 1.165) is 57.8 Å². The molecule has 0 N–H and O–H groups in total. The highest BCUT2D eigenvalue weighted by atomic mass is 16.6. The molecule has 0 aliphatic carbocycles. The Balaban J connectivity index is 4.07. The summed E-state index contributed by atoms with van der Waals surface area (Å²) in [6, 6.07) is 0. The topological polar surface area (TPSA) is 78.9 Å². The Kier molecular flexibility index (Phi) is 54.7. The van der Waals surface area contributed by atoms with Crippen LogP contribution in [-0.4, -0.2) is 37.2 Å². The fraction of sp³-hybridized carbons (Fsp3) is 0.950. The van der Waals surface area contributed by atoms with Crippen LogP contribution in [0.4, 0.5) is 0 Å². The first-order valence-corrected chi connectivity index (χ1v) is 30.0. The summed E-state index contributed by atoms with van der Waals surface area (Å²) in [5.41, 5.74) is 0. The molecule has 0 aromatic heterocycles. The van der Waals surface area contributed by atoms with Crippen molar-refractivity contribution < 1.29 is 28.6 Å². The van der Waals surface area contributed by atoms with E-state index < -0.39 is 6.10 Å². The highest BCUT2D eigenvalue weighted by Gasteiger charge is 2.19. The molecule has 0 aromatic carbocycles. The second kappa shape index (κ2) is 56.0. The number of hydrogen-bond acceptors (Lipinski definition) is 6. The molecule has 0 spiro atoms. The quantitative estimate of drug-likeness (QED) is 0.0343. The molecule has 0 saturated carbocycles. The van der Waals surface area contributed by atoms with Crippen molar-refractivity contribution in [3.63, 3.8) is 0 Å². The van der Waals surface area contributed by atoms with Crippen LogP contribution in [0.5, 0.6) is 0 Å². The Hall–Kier alpha value is -1.59. The van der Waals surface area contributed by atoms with Crippen LogP contribution in [0.1, 0.15) is 348 Å². The third kappa shape index (κ3) is 53.4. The summed E-state index contributed by atoms with van der Waals surface area (Å²) in [5, 5.41) is 0. The largest absolute Gasteiger partial charge is 0.462 e. The molecule has 0 saturated heterocycles. The molecule has 0 aliphatic rings. The molecule has 0 bridgehead atoms. The highest BCUT2D eigenvalue weighted by molar-refractivity contribution is 5.71. The predicted molar refractivity (Wildman–Crippen MR) is 284 cm³/mol. The summed E-state index contributed by atoms with van der Waals surface area (Å²) in [4.78, 5) is 38.0. The van der Waals surface area contributed by atoms with Crippen LogP contribution in [0.15, 0.2) is 0 Å². The van der Waals surface area contributed by atoms with Crippen molar-refractivity contribution in [2.75, 3.05) is 13.2 Å². The Morgan fingerprint density at radius 1 is 0.242 bits per heavy atom. The molecule has 1 unspecified atom stereocenters. The number of esters is 3. The summed E-state index contributed by atoms with van der Waals surface area (Å²) in [5.74, 6) is -0.837. The number of unbranched alkanes of at least 4 members (excludes halogenated alkanes) is 45. The average Bonchev–Trinajstić information content (AvgIpc) is 3.31. The van der Waals surface area contributed by atoms with Crippen LogP contribution in [0, 0.1) is 0 Å². The minimum Gasteiger partial charge on any atom is -0.462 e. The maximum atomic E-state index is 12.8. The van der Waals surface area contributed by atoms with Gasteiger partial charge in [-0.2, -0.15) is 0 Å². The average molecular weight is 934 g/mol. The molecule has 6 nitrogen and oxygen atoms in total. The molecule has 0 amide bonds. The van der Waals surface area contributed by atoms with E-state index in [2.05, 4.69) is 20.8 Å². The fourth-order valence-corrected chi connectivity index (χ4v) is 9.33. The maximum absolute atomic E-state index is 12.8. The SMILES string of the molecule is CCCCCCCCCCCCCCCCCCCCCCCCCCCCC(=O)OCC(COC(=O)CCCCCCCCCCCCC)OC(=O)CCCCCCCCCCCCC. The van der Waals surface area contributed by atoms with Gasteiger partial charge in [0.2, 0.25) is 0 Å². The molecular weight excluding hydrogens is 817 g/mol. The van der Waals surface area contributed by atoms with E-state index in [1.54, 1.807) is 0 Å². The molecule has 0 aromatic rings. The molecular formula is C60H116O6. The zero-order chi connectivity index (χ0) is 47.9. The van der Waals surface area contributed by atoms with Gasteiger partial charge in [-0.05, 0) is 19.3 Å². The molecule has 6 heteroatoms. The minimum absolute atomic E-state index is 0.0615. The minimum atomic E-state index is -0.760. The lowest BCUT2D eigenvalue weighted by molar-refractivity contribution is -0.167. The van der Waals surface area contributed by atoms with Crippen molar-refractivity contribution >= 4 is 17.9 Å². The standard InChI is InChI=1S/C60H116O6/c1-4-7-10-13-16-19-22-23-24-25-26-27-28-29-30-31-32-33-34-35-36-39-41-44-47-50-53-59(62)65-56-57(66-60(63)54-51-48-45-42-38-21-18-15-12-9-6-3)55-64-58(61)52-49-46-43-40-37-20-17-14-11-8-5-2/h57H,4-56H2,1-3H3. The van der Waals surface area contributed by atoms with Gasteiger partial charge in [-0.1, -0.05) is 310 Å². The first kappa shape index (κ1) is 64.4. The van der Waals surface area contributed by atoms with Gasteiger partial charge < -0.3 is 14.2 Å².